The third kappa shape index (κ3) is 3.16. The van der Waals surface area contributed by atoms with Gasteiger partial charge in [0.05, 0.1) is 17.8 Å². The molecular formula is C24H34ClN3O2. The first kappa shape index (κ1) is 21.6. The van der Waals surface area contributed by atoms with Crippen LogP contribution >= 0.6 is 11.6 Å². The molecule has 2 fully saturated rings. The predicted molar refractivity (Wildman–Crippen MR) is 120 cm³/mol. The van der Waals surface area contributed by atoms with E-state index in [1.165, 1.54) is 0 Å². The molecule has 1 saturated heterocycles. The summed E-state index contributed by atoms with van der Waals surface area (Å²) in [5, 5.41) is 20.0. The molecule has 2 aromatic rings. The highest BCUT2D eigenvalue weighted by molar-refractivity contribution is 6.31. The SMILES string of the molecule is CC(C)(C1CCN(C(=O)C2C(C)(C)C2(C)C)CC1)[C@H](O)c1cc(Cl)cc2cn[nH]c12. The number of carbonyl (C=O) groups excluding carboxylic acids is 1. The Morgan fingerprint density at radius 2 is 1.83 bits per heavy atom. The summed E-state index contributed by atoms with van der Waals surface area (Å²) in [7, 11) is 0. The number of halogens is 1. The summed E-state index contributed by atoms with van der Waals surface area (Å²) in [6, 6.07) is 3.69. The number of piperidine rings is 1. The third-order valence-electron chi connectivity index (χ3n) is 8.67. The number of benzene rings is 1. The second kappa shape index (κ2) is 6.96. The molecule has 1 amide bonds. The van der Waals surface area contributed by atoms with E-state index in [9.17, 15) is 9.90 Å². The fourth-order valence-corrected chi connectivity index (χ4v) is 5.96. The van der Waals surface area contributed by atoms with Gasteiger partial charge in [0, 0.05) is 35.0 Å². The second-order valence-corrected chi connectivity index (χ2v) is 11.5. The van der Waals surface area contributed by atoms with Gasteiger partial charge in [0.2, 0.25) is 5.91 Å². The van der Waals surface area contributed by atoms with E-state index in [2.05, 4.69) is 51.7 Å². The highest BCUT2D eigenvalue weighted by atomic mass is 35.5. The van der Waals surface area contributed by atoms with Crippen molar-refractivity contribution in [2.75, 3.05) is 13.1 Å². The number of likely N-dealkylation sites (tertiary alicyclic amines) is 1. The predicted octanol–water partition coefficient (Wildman–Crippen LogP) is 5.20. The number of nitrogens with one attached hydrogen (secondary N) is 1. The topological polar surface area (TPSA) is 69.2 Å². The minimum Gasteiger partial charge on any atom is -0.388 e. The van der Waals surface area contributed by atoms with Gasteiger partial charge in [-0.05, 0) is 47.1 Å². The molecule has 2 aliphatic rings. The number of hydrogen-bond acceptors (Lipinski definition) is 3. The summed E-state index contributed by atoms with van der Waals surface area (Å²) in [5.41, 5.74) is 1.41. The first-order valence-electron chi connectivity index (χ1n) is 11.0. The summed E-state index contributed by atoms with van der Waals surface area (Å²) in [4.78, 5) is 15.2. The average Bonchev–Trinajstić information content (AvgIpc) is 3.00. The highest BCUT2D eigenvalue weighted by Crippen LogP contribution is 2.69. The van der Waals surface area contributed by atoms with Gasteiger partial charge in [-0.2, -0.15) is 5.10 Å². The Hall–Kier alpha value is -1.59. The van der Waals surface area contributed by atoms with Gasteiger partial charge in [-0.15, -0.1) is 0 Å². The summed E-state index contributed by atoms with van der Waals surface area (Å²) < 4.78 is 0. The summed E-state index contributed by atoms with van der Waals surface area (Å²) >= 11 is 6.30. The van der Waals surface area contributed by atoms with E-state index in [1.807, 2.05) is 17.0 Å². The van der Waals surface area contributed by atoms with Crippen molar-refractivity contribution in [3.05, 3.63) is 28.9 Å². The van der Waals surface area contributed by atoms with Crippen molar-refractivity contribution in [3.63, 3.8) is 0 Å². The van der Waals surface area contributed by atoms with E-state index < -0.39 is 6.10 Å². The Morgan fingerprint density at radius 3 is 2.40 bits per heavy atom. The minimum atomic E-state index is -0.673. The van der Waals surface area contributed by atoms with Crippen LogP contribution in [0.4, 0.5) is 0 Å². The van der Waals surface area contributed by atoms with Gasteiger partial charge in [0.1, 0.15) is 0 Å². The van der Waals surface area contributed by atoms with Gasteiger partial charge in [-0.1, -0.05) is 53.1 Å². The Balaban J connectivity index is 1.47. The van der Waals surface area contributed by atoms with Gasteiger partial charge >= 0.3 is 0 Å². The molecule has 1 aliphatic carbocycles. The molecule has 0 spiro atoms. The van der Waals surface area contributed by atoms with Crippen LogP contribution in [0.25, 0.3) is 10.9 Å². The normalized spacial score (nSPS) is 23.0. The highest BCUT2D eigenvalue weighted by Gasteiger charge is 2.68. The van der Waals surface area contributed by atoms with Crippen LogP contribution in [0.5, 0.6) is 0 Å². The number of aliphatic hydroxyl groups is 1. The largest absolute Gasteiger partial charge is 0.388 e. The molecule has 2 N–H and O–H groups in total. The summed E-state index contributed by atoms with van der Waals surface area (Å²) in [6.45, 7) is 14.6. The van der Waals surface area contributed by atoms with Crippen LogP contribution in [-0.2, 0) is 4.79 Å². The number of amides is 1. The number of hydrogen-bond donors (Lipinski definition) is 2. The minimum absolute atomic E-state index is 0.0679. The molecule has 1 aliphatic heterocycles. The van der Waals surface area contributed by atoms with Gasteiger partial charge in [-0.3, -0.25) is 9.89 Å². The lowest BCUT2D eigenvalue weighted by Gasteiger charge is -2.43. The van der Waals surface area contributed by atoms with E-state index in [0.717, 1.165) is 42.4 Å². The number of aromatic nitrogens is 2. The van der Waals surface area contributed by atoms with Crippen molar-refractivity contribution in [2.24, 2.45) is 28.1 Å². The van der Waals surface area contributed by atoms with Crippen molar-refractivity contribution < 1.29 is 9.90 Å². The zero-order valence-electron chi connectivity index (χ0n) is 18.9. The van der Waals surface area contributed by atoms with Crippen LogP contribution in [0.3, 0.4) is 0 Å². The van der Waals surface area contributed by atoms with Crippen molar-refractivity contribution in [3.8, 4) is 0 Å². The fraction of sp³-hybridized carbons (Fsp3) is 0.667. The van der Waals surface area contributed by atoms with Crippen molar-refractivity contribution >= 4 is 28.4 Å². The first-order chi connectivity index (χ1) is 13.9. The number of rotatable bonds is 4. The molecule has 4 rings (SSSR count). The zero-order valence-corrected chi connectivity index (χ0v) is 19.7. The molecule has 1 aromatic heterocycles. The molecule has 1 atom stereocenters. The number of H-pyrrole nitrogens is 1. The maximum Gasteiger partial charge on any atom is 0.226 e. The molecule has 2 heterocycles. The molecule has 1 aromatic carbocycles. The molecule has 5 nitrogen and oxygen atoms in total. The van der Waals surface area contributed by atoms with E-state index >= 15 is 0 Å². The van der Waals surface area contributed by atoms with Crippen molar-refractivity contribution in [1.82, 2.24) is 15.1 Å². The lowest BCUT2D eigenvalue weighted by Crippen LogP contribution is -2.44. The number of fused-ring (bicyclic) bond motifs is 1. The van der Waals surface area contributed by atoms with E-state index in [1.54, 1.807) is 6.20 Å². The average molecular weight is 432 g/mol. The molecule has 164 valence electrons. The molecule has 0 unspecified atom stereocenters. The van der Waals surface area contributed by atoms with Crippen molar-refractivity contribution in [2.45, 2.75) is 60.5 Å². The summed E-state index contributed by atoms with van der Waals surface area (Å²) in [6.07, 6.45) is 2.86. The smallest absolute Gasteiger partial charge is 0.226 e. The first-order valence-corrected chi connectivity index (χ1v) is 11.4. The summed E-state index contributed by atoms with van der Waals surface area (Å²) in [5.74, 6) is 0.727. The Morgan fingerprint density at radius 1 is 1.23 bits per heavy atom. The van der Waals surface area contributed by atoms with Crippen LogP contribution in [0.2, 0.25) is 5.02 Å². The lowest BCUT2D eigenvalue weighted by molar-refractivity contribution is -0.136. The Kier molecular flexibility index (Phi) is 5.02. The van der Waals surface area contributed by atoms with Gasteiger partial charge in [0.15, 0.2) is 0 Å². The van der Waals surface area contributed by atoms with E-state index in [4.69, 9.17) is 11.6 Å². The maximum atomic E-state index is 13.1. The lowest BCUT2D eigenvalue weighted by atomic mass is 9.68. The number of aliphatic hydroxyl groups excluding tert-OH is 1. The molecule has 1 saturated carbocycles. The number of aromatic amines is 1. The Labute approximate surface area is 184 Å². The van der Waals surface area contributed by atoms with E-state index in [0.29, 0.717) is 16.8 Å². The number of carbonyl (C=O) groups is 1. The van der Waals surface area contributed by atoms with Crippen LogP contribution in [0.15, 0.2) is 18.3 Å². The Bertz CT molecular complexity index is 956. The maximum absolute atomic E-state index is 13.1. The molecule has 6 heteroatoms. The fourth-order valence-electron chi connectivity index (χ4n) is 5.73. The van der Waals surface area contributed by atoms with Gasteiger partial charge in [0.25, 0.3) is 0 Å². The second-order valence-electron chi connectivity index (χ2n) is 11.0. The van der Waals surface area contributed by atoms with Gasteiger partial charge < -0.3 is 10.0 Å². The van der Waals surface area contributed by atoms with Crippen LogP contribution in [0, 0.1) is 28.1 Å². The monoisotopic (exact) mass is 431 g/mol. The molecule has 30 heavy (non-hydrogen) atoms. The van der Waals surface area contributed by atoms with Gasteiger partial charge in [-0.25, -0.2) is 0 Å². The van der Waals surface area contributed by atoms with Crippen molar-refractivity contribution in [1.29, 1.82) is 0 Å². The van der Waals surface area contributed by atoms with Crippen LogP contribution in [0.1, 0.15) is 66.1 Å². The standard InChI is InChI=1S/C24H34ClN3O2/c1-22(2,20(29)17-12-16(25)11-14-13-26-27-18(14)17)15-7-9-28(10-8-15)21(30)19-23(3,4)24(19,5)6/h11-13,15,19-20,29H,7-10H2,1-6H3,(H,26,27)/t20-/m1/s1. The van der Waals surface area contributed by atoms with Crippen LogP contribution < -0.4 is 0 Å². The third-order valence-corrected chi connectivity index (χ3v) is 8.89. The molecule has 0 bridgehead atoms. The number of nitrogens with zero attached hydrogens (tertiary/aromatic N) is 2. The molecule has 0 radical (unpaired) electrons. The quantitative estimate of drug-likeness (QED) is 0.699. The van der Waals surface area contributed by atoms with Crippen LogP contribution in [-0.4, -0.2) is 39.2 Å². The zero-order chi connectivity index (χ0) is 22.1. The van der Waals surface area contributed by atoms with E-state index in [-0.39, 0.29) is 22.2 Å². The molecular weight excluding hydrogens is 398 g/mol.